The van der Waals surface area contributed by atoms with Crippen LogP contribution in [0, 0.1) is 0 Å². The van der Waals surface area contributed by atoms with Crippen LogP contribution >= 0.6 is 0 Å². The normalized spacial score (nSPS) is 11.0. The molecule has 1 aromatic heterocycles. The maximum Gasteiger partial charge on any atom is 0.166 e. The van der Waals surface area contributed by atoms with Gasteiger partial charge in [0.2, 0.25) is 0 Å². The van der Waals surface area contributed by atoms with Crippen molar-refractivity contribution < 1.29 is 9.21 Å². The van der Waals surface area contributed by atoms with Gasteiger partial charge in [0.25, 0.3) is 0 Å². The maximum atomic E-state index is 12.0. The van der Waals surface area contributed by atoms with E-state index in [1.54, 1.807) is 0 Å². The Kier molecular flexibility index (Phi) is 3.61. The monoisotopic (exact) mass is 278 g/mol. The number of fused-ring (bicyclic) bond motifs is 1. The zero-order valence-corrected chi connectivity index (χ0v) is 12.3. The number of hydrogen-bond acceptors (Lipinski definition) is 2. The Hall–Kier alpha value is -2.35. The van der Waals surface area contributed by atoms with Crippen LogP contribution in [-0.2, 0) is 6.42 Å². The number of carbonyl (C=O) groups is 1. The minimum Gasteiger partial charge on any atom is -0.460 e. The third-order valence-corrected chi connectivity index (χ3v) is 3.81. The van der Waals surface area contributed by atoms with Crippen LogP contribution in [0.5, 0.6) is 0 Å². The number of benzene rings is 2. The van der Waals surface area contributed by atoms with E-state index in [0.717, 1.165) is 34.5 Å². The van der Waals surface area contributed by atoms with E-state index in [-0.39, 0.29) is 5.78 Å². The molecule has 0 aliphatic rings. The second-order valence-electron chi connectivity index (χ2n) is 5.10. The fourth-order valence-corrected chi connectivity index (χ4v) is 2.69. The van der Waals surface area contributed by atoms with Gasteiger partial charge in [-0.25, -0.2) is 0 Å². The van der Waals surface area contributed by atoms with Crippen molar-refractivity contribution >= 4 is 16.6 Å². The van der Waals surface area contributed by atoms with Gasteiger partial charge < -0.3 is 4.42 Å². The fraction of sp³-hybridized carbons (Fsp3) is 0.211. The Morgan fingerprint density at radius 2 is 1.81 bits per heavy atom. The van der Waals surface area contributed by atoms with Crippen molar-refractivity contribution in [3.05, 3.63) is 59.9 Å². The summed E-state index contributed by atoms with van der Waals surface area (Å²) in [5.41, 5.74) is 1.76. The van der Waals surface area contributed by atoms with E-state index in [0.29, 0.717) is 6.42 Å². The molecule has 0 saturated heterocycles. The van der Waals surface area contributed by atoms with Crippen LogP contribution in [0.3, 0.4) is 0 Å². The Balaban J connectivity index is 2.19. The van der Waals surface area contributed by atoms with Crippen molar-refractivity contribution in [3.8, 4) is 11.3 Å². The summed E-state index contributed by atoms with van der Waals surface area (Å²) in [6, 6.07) is 16.3. The number of hydrogen-bond donors (Lipinski definition) is 0. The molecule has 1 heterocycles. The molecule has 0 aliphatic heterocycles. The molecule has 0 spiro atoms. The molecule has 0 unspecified atom stereocenters. The van der Waals surface area contributed by atoms with Crippen molar-refractivity contribution in [1.82, 2.24) is 0 Å². The third kappa shape index (κ3) is 2.38. The largest absolute Gasteiger partial charge is 0.460 e. The lowest BCUT2D eigenvalue weighted by Crippen LogP contribution is -1.97. The summed E-state index contributed by atoms with van der Waals surface area (Å²) >= 11 is 0. The number of carbonyl (C=O) groups excluding carboxylic acids is 1. The van der Waals surface area contributed by atoms with Crippen molar-refractivity contribution in [2.45, 2.75) is 26.7 Å². The molecule has 3 rings (SSSR count). The van der Waals surface area contributed by atoms with Crippen molar-refractivity contribution in [2.24, 2.45) is 0 Å². The average molecular weight is 278 g/mol. The van der Waals surface area contributed by atoms with Gasteiger partial charge in [-0.05, 0) is 16.8 Å². The van der Waals surface area contributed by atoms with Crippen LogP contribution in [0.25, 0.3) is 22.1 Å². The van der Waals surface area contributed by atoms with Gasteiger partial charge >= 0.3 is 0 Å². The Labute approximate surface area is 124 Å². The molecule has 3 aromatic rings. The number of aryl methyl sites for hydroxylation is 1. The van der Waals surface area contributed by atoms with Crippen LogP contribution in [0.15, 0.2) is 52.9 Å². The van der Waals surface area contributed by atoms with Crippen molar-refractivity contribution in [3.63, 3.8) is 0 Å². The highest BCUT2D eigenvalue weighted by atomic mass is 16.3. The topological polar surface area (TPSA) is 30.2 Å². The molecule has 0 saturated carbocycles. The molecular formula is C19H18O2. The molecule has 0 aliphatic carbocycles. The molecule has 2 heteroatoms. The SMILES string of the molecule is CCC(=O)c1cc(-c2cccc3ccccc23)oc1CC. The standard InChI is InChI=1S/C19H18O2/c1-3-17(20)16-12-19(21-18(16)4-2)15-11-7-9-13-8-5-6-10-14(13)15/h5-12H,3-4H2,1-2H3. The van der Waals surface area contributed by atoms with E-state index in [9.17, 15) is 4.79 Å². The molecule has 0 amide bonds. The summed E-state index contributed by atoms with van der Waals surface area (Å²) in [7, 11) is 0. The van der Waals surface area contributed by atoms with Crippen LogP contribution in [-0.4, -0.2) is 5.78 Å². The van der Waals surface area contributed by atoms with E-state index in [1.807, 2.05) is 44.2 Å². The predicted octanol–water partition coefficient (Wildman–Crippen LogP) is 5.25. The smallest absolute Gasteiger partial charge is 0.166 e. The fourth-order valence-electron chi connectivity index (χ4n) is 2.69. The van der Waals surface area contributed by atoms with E-state index in [2.05, 4.69) is 18.2 Å². The van der Waals surface area contributed by atoms with Gasteiger partial charge in [-0.3, -0.25) is 4.79 Å². The lowest BCUT2D eigenvalue weighted by molar-refractivity contribution is 0.0986. The van der Waals surface area contributed by atoms with Gasteiger partial charge in [0.15, 0.2) is 5.78 Å². The van der Waals surface area contributed by atoms with Crippen LogP contribution in [0.1, 0.15) is 36.4 Å². The first-order valence-electron chi connectivity index (χ1n) is 7.38. The summed E-state index contributed by atoms with van der Waals surface area (Å²) in [5, 5.41) is 2.32. The molecule has 0 radical (unpaired) electrons. The summed E-state index contributed by atoms with van der Waals surface area (Å²) in [6.45, 7) is 3.89. The number of furan rings is 1. The highest BCUT2D eigenvalue weighted by Crippen LogP contribution is 2.32. The van der Waals surface area contributed by atoms with Crippen molar-refractivity contribution in [2.75, 3.05) is 0 Å². The minimum absolute atomic E-state index is 0.141. The quantitative estimate of drug-likeness (QED) is 0.610. The average Bonchev–Trinajstić information content (AvgIpc) is 2.97. The van der Waals surface area contributed by atoms with Crippen molar-refractivity contribution in [1.29, 1.82) is 0 Å². The van der Waals surface area contributed by atoms with Gasteiger partial charge in [0.05, 0.1) is 5.56 Å². The van der Waals surface area contributed by atoms with Crippen LogP contribution in [0.4, 0.5) is 0 Å². The van der Waals surface area contributed by atoms with Gasteiger partial charge in [0.1, 0.15) is 11.5 Å². The highest BCUT2D eigenvalue weighted by Gasteiger charge is 2.17. The molecule has 2 nitrogen and oxygen atoms in total. The zero-order valence-electron chi connectivity index (χ0n) is 12.3. The molecule has 106 valence electrons. The van der Waals surface area contributed by atoms with Gasteiger partial charge in [0, 0.05) is 18.4 Å². The lowest BCUT2D eigenvalue weighted by Gasteiger charge is -2.03. The molecule has 21 heavy (non-hydrogen) atoms. The summed E-state index contributed by atoms with van der Waals surface area (Å²) < 4.78 is 5.96. The zero-order chi connectivity index (χ0) is 14.8. The van der Waals surface area contributed by atoms with E-state index >= 15 is 0 Å². The number of ketones is 1. The molecule has 2 aromatic carbocycles. The molecule has 0 atom stereocenters. The predicted molar refractivity (Wildman–Crippen MR) is 85.6 cm³/mol. The van der Waals surface area contributed by atoms with E-state index in [4.69, 9.17) is 4.42 Å². The summed E-state index contributed by atoms with van der Waals surface area (Å²) in [4.78, 5) is 12.0. The Morgan fingerprint density at radius 1 is 1.05 bits per heavy atom. The van der Waals surface area contributed by atoms with Gasteiger partial charge in [-0.2, -0.15) is 0 Å². The lowest BCUT2D eigenvalue weighted by atomic mass is 10.0. The summed E-state index contributed by atoms with van der Waals surface area (Å²) in [6.07, 6.45) is 1.23. The first-order chi connectivity index (χ1) is 10.2. The van der Waals surface area contributed by atoms with Crippen LogP contribution in [0.2, 0.25) is 0 Å². The Bertz CT molecular complexity index is 791. The summed E-state index contributed by atoms with van der Waals surface area (Å²) in [5.74, 6) is 1.70. The number of rotatable bonds is 4. The molecule has 0 fully saturated rings. The molecule has 0 N–H and O–H groups in total. The second-order valence-corrected chi connectivity index (χ2v) is 5.10. The van der Waals surface area contributed by atoms with Crippen LogP contribution < -0.4 is 0 Å². The third-order valence-electron chi connectivity index (χ3n) is 3.81. The van der Waals surface area contributed by atoms with Gasteiger partial charge in [-0.1, -0.05) is 56.3 Å². The molecular weight excluding hydrogens is 260 g/mol. The van der Waals surface area contributed by atoms with E-state index in [1.165, 1.54) is 5.39 Å². The highest BCUT2D eigenvalue weighted by molar-refractivity contribution is 6.00. The Morgan fingerprint density at radius 3 is 2.57 bits per heavy atom. The minimum atomic E-state index is 0.141. The van der Waals surface area contributed by atoms with Gasteiger partial charge in [-0.15, -0.1) is 0 Å². The van der Waals surface area contributed by atoms with E-state index < -0.39 is 0 Å². The maximum absolute atomic E-state index is 12.0. The first-order valence-corrected chi connectivity index (χ1v) is 7.38. The first kappa shape index (κ1) is 13.6. The molecule has 0 bridgehead atoms. The second kappa shape index (κ2) is 5.57. The number of Topliss-reactive ketones (excluding diaryl/α,β-unsaturated/α-hetero) is 1.